The van der Waals surface area contributed by atoms with Crippen molar-refractivity contribution in [1.82, 2.24) is 0 Å². The predicted octanol–water partition coefficient (Wildman–Crippen LogP) is 1.64. The fraction of sp³-hybridized carbons (Fsp3) is 1.00. The topological polar surface area (TPSA) is 60.2 Å². The molecule has 2 N–H and O–H groups in total. The lowest BCUT2D eigenvalue weighted by Gasteiger charge is -2.29. The van der Waals surface area contributed by atoms with E-state index in [9.17, 15) is 21.6 Å². The molecule has 3 nitrogen and oxygen atoms in total. The molecule has 15 heavy (non-hydrogen) atoms. The highest BCUT2D eigenvalue weighted by molar-refractivity contribution is 7.89. The summed E-state index contributed by atoms with van der Waals surface area (Å²) in [6.45, 7) is 0. The van der Waals surface area contributed by atoms with E-state index in [0.717, 1.165) is 0 Å². The van der Waals surface area contributed by atoms with Gasteiger partial charge in [0.2, 0.25) is 10.0 Å². The summed E-state index contributed by atoms with van der Waals surface area (Å²) >= 11 is 0. The monoisotopic (exact) mass is 245 g/mol. The van der Waals surface area contributed by atoms with Gasteiger partial charge in [0, 0.05) is 0 Å². The molecule has 0 amide bonds. The van der Waals surface area contributed by atoms with Gasteiger partial charge in [-0.3, -0.25) is 0 Å². The van der Waals surface area contributed by atoms with Crippen LogP contribution in [-0.4, -0.2) is 20.3 Å². The molecule has 0 saturated heterocycles. The van der Waals surface area contributed by atoms with Gasteiger partial charge in [-0.05, 0) is 31.6 Å². The summed E-state index contributed by atoms with van der Waals surface area (Å²) < 4.78 is 58.3. The van der Waals surface area contributed by atoms with E-state index in [2.05, 4.69) is 0 Å². The number of hydrogen-bond donors (Lipinski definition) is 1. The van der Waals surface area contributed by atoms with Gasteiger partial charge in [-0.2, -0.15) is 13.2 Å². The predicted molar refractivity (Wildman–Crippen MR) is 49.5 cm³/mol. The lowest BCUT2D eigenvalue weighted by molar-refractivity contribution is -0.183. The molecular weight excluding hydrogens is 231 g/mol. The normalized spacial score (nSPS) is 29.1. The Hall–Kier alpha value is -0.300. The van der Waals surface area contributed by atoms with Gasteiger partial charge in [0.15, 0.2) is 0 Å². The van der Waals surface area contributed by atoms with Crippen LogP contribution in [0, 0.1) is 11.8 Å². The van der Waals surface area contributed by atoms with Crippen LogP contribution in [0.4, 0.5) is 13.2 Å². The summed E-state index contributed by atoms with van der Waals surface area (Å²) in [5, 5.41) is 4.84. The quantitative estimate of drug-likeness (QED) is 0.804. The molecule has 0 aromatic carbocycles. The third-order valence-corrected chi connectivity index (χ3v) is 3.71. The maximum absolute atomic E-state index is 12.3. The van der Waals surface area contributed by atoms with Crippen molar-refractivity contribution in [3.63, 3.8) is 0 Å². The maximum atomic E-state index is 12.3. The number of halogens is 3. The molecule has 1 saturated carbocycles. The second-order valence-electron chi connectivity index (χ2n) is 4.09. The van der Waals surface area contributed by atoms with Crippen LogP contribution < -0.4 is 5.14 Å². The van der Waals surface area contributed by atoms with Crippen LogP contribution >= 0.6 is 0 Å². The number of rotatable bonds is 2. The van der Waals surface area contributed by atoms with Gasteiger partial charge in [-0.1, -0.05) is 0 Å². The molecule has 0 heterocycles. The summed E-state index contributed by atoms with van der Waals surface area (Å²) in [6.07, 6.45) is -3.53. The van der Waals surface area contributed by atoms with Crippen LogP contribution in [0.1, 0.15) is 25.7 Å². The third kappa shape index (κ3) is 4.38. The van der Waals surface area contributed by atoms with Gasteiger partial charge in [-0.15, -0.1) is 0 Å². The fourth-order valence-corrected chi connectivity index (χ4v) is 2.98. The Morgan fingerprint density at radius 3 is 1.93 bits per heavy atom. The van der Waals surface area contributed by atoms with Gasteiger partial charge in [0.1, 0.15) is 0 Å². The third-order valence-electron chi connectivity index (χ3n) is 2.78. The van der Waals surface area contributed by atoms with Gasteiger partial charge in [0.25, 0.3) is 0 Å². The van der Waals surface area contributed by atoms with Crippen LogP contribution in [0.5, 0.6) is 0 Å². The molecule has 1 aliphatic carbocycles. The SMILES string of the molecule is NS(=O)(=O)CC1CCC(C(F)(F)F)CC1. The molecule has 90 valence electrons. The summed E-state index contributed by atoms with van der Waals surface area (Å²) in [4.78, 5) is 0. The fourth-order valence-electron chi connectivity index (χ4n) is 1.98. The van der Waals surface area contributed by atoms with Gasteiger partial charge in [-0.25, -0.2) is 13.6 Å². The Labute approximate surface area is 86.9 Å². The molecule has 0 bridgehead atoms. The minimum Gasteiger partial charge on any atom is -0.229 e. The van der Waals surface area contributed by atoms with E-state index in [1.54, 1.807) is 0 Å². The highest BCUT2D eigenvalue weighted by Gasteiger charge is 2.41. The first kappa shape index (κ1) is 12.8. The van der Waals surface area contributed by atoms with Gasteiger partial charge < -0.3 is 0 Å². The molecule has 1 fully saturated rings. The van der Waals surface area contributed by atoms with Crippen LogP contribution in [0.3, 0.4) is 0 Å². The highest BCUT2D eigenvalue weighted by Crippen LogP contribution is 2.39. The molecule has 0 unspecified atom stereocenters. The Bertz CT molecular complexity index is 304. The average molecular weight is 245 g/mol. The number of sulfonamides is 1. The van der Waals surface area contributed by atoms with E-state index in [4.69, 9.17) is 5.14 Å². The van der Waals surface area contributed by atoms with E-state index in [1.165, 1.54) is 0 Å². The largest absolute Gasteiger partial charge is 0.391 e. The van der Waals surface area contributed by atoms with Crippen molar-refractivity contribution in [2.45, 2.75) is 31.9 Å². The standard InChI is InChI=1S/C8H14F3NO2S/c9-8(10,11)7-3-1-6(2-4-7)5-15(12,13)14/h6-7H,1-5H2,(H2,12,13,14). The van der Waals surface area contributed by atoms with E-state index in [0.29, 0.717) is 12.8 Å². The van der Waals surface area contributed by atoms with Gasteiger partial charge in [0.05, 0.1) is 11.7 Å². The van der Waals surface area contributed by atoms with Crippen molar-refractivity contribution in [2.24, 2.45) is 17.0 Å². The molecule has 1 aliphatic rings. The van der Waals surface area contributed by atoms with Crippen molar-refractivity contribution in [3.8, 4) is 0 Å². The number of alkyl halides is 3. The molecule has 0 aromatic rings. The average Bonchev–Trinajstić information content (AvgIpc) is 2.00. The molecule has 0 spiro atoms. The molecule has 0 aliphatic heterocycles. The van der Waals surface area contributed by atoms with E-state index in [-0.39, 0.29) is 24.5 Å². The highest BCUT2D eigenvalue weighted by atomic mass is 32.2. The maximum Gasteiger partial charge on any atom is 0.391 e. The van der Waals surface area contributed by atoms with E-state index >= 15 is 0 Å². The molecule has 0 radical (unpaired) electrons. The summed E-state index contributed by atoms with van der Waals surface area (Å²) in [5.74, 6) is -1.68. The molecular formula is C8H14F3NO2S. The lowest BCUT2D eigenvalue weighted by atomic mass is 9.82. The van der Waals surface area contributed by atoms with Gasteiger partial charge >= 0.3 is 6.18 Å². The number of nitrogens with two attached hydrogens (primary N) is 1. The second-order valence-corrected chi connectivity index (χ2v) is 5.75. The number of hydrogen-bond acceptors (Lipinski definition) is 2. The Morgan fingerprint density at radius 1 is 1.13 bits per heavy atom. The lowest BCUT2D eigenvalue weighted by Crippen LogP contribution is -2.31. The second kappa shape index (κ2) is 4.29. The Balaban J connectivity index is 2.43. The molecule has 7 heteroatoms. The van der Waals surface area contributed by atoms with Crippen molar-refractivity contribution in [3.05, 3.63) is 0 Å². The summed E-state index contributed by atoms with van der Waals surface area (Å²) in [5.41, 5.74) is 0. The van der Waals surface area contributed by atoms with Crippen LogP contribution in [0.15, 0.2) is 0 Å². The number of primary sulfonamides is 1. The summed E-state index contributed by atoms with van der Waals surface area (Å²) in [6, 6.07) is 0. The van der Waals surface area contributed by atoms with Crippen molar-refractivity contribution >= 4 is 10.0 Å². The first-order valence-electron chi connectivity index (χ1n) is 4.75. The molecule has 0 aromatic heterocycles. The first-order valence-corrected chi connectivity index (χ1v) is 6.47. The van der Waals surface area contributed by atoms with Crippen molar-refractivity contribution in [2.75, 3.05) is 5.75 Å². The first-order chi connectivity index (χ1) is 6.68. The molecule has 0 atom stereocenters. The molecule has 1 rings (SSSR count). The Morgan fingerprint density at radius 2 is 1.60 bits per heavy atom. The van der Waals surface area contributed by atoms with E-state index < -0.39 is 22.1 Å². The minimum absolute atomic E-state index is 0.0175. The van der Waals surface area contributed by atoms with E-state index in [1.807, 2.05) is 0 Å². The zero-order valence-electron chi connectivity index (χ0n) is 8.13. The van der Waals surface area contributed by atoms with Crippen molar-refractivity contribution < 1.29 is 21.6 Å². The van der Waals surface area contributed by atoms with Crippen LogP contribution in [-0.2, 0) is 10.0 Å². The zero-order chi connectivity index (χ0) is 11.7. The van der Waals surface area contributed by atoms with Crippen molar-refractivity contribution in [1.29, 1.82) is 0 Å². The smallest absolute Gasteiger partial charge is 0.229 e. The van der Waals surface area contributed by atoms with Crippen LogP contribution in [0.2, 0.25) is 0 Å². The Kier molecular flexibility index (Phi) is 3.65. The zero-order valence-corrected chi connectivity index (χ0v) is 8.94. The minimum atomic E-state index is -4.15. The van der Waals surface area contributed by atoms with Crippen LogP contribution in [0.25, 0.3) is 0 Å². The summed E-state index contributed by atoms with van der Waals surface area (Å²) in [7, 11) is -3.56.